The second-order valence-corrected chi connectivity index (χ2v) is 25.8. The molecule has 0 radical (unpaired) electrons. The maximum atomic E-state index is 5.96. The lowest BCUT2D eigenvalue weighted by Gasteiger charge is -2.31. The van der Waals surface area contributed by atoms with E-state index in [1.165, 1.54) is 55.3 Å². The van der Waals surface area contributed by atoms with Crippen LogP contribution in [0.2, 0.25) is 0 Å². The van der Waals surface area contributed by atoms with Gasteiger partial charge in [-0.05, 0) is 172 Å². The largest absolute Gasteiger partial charge is 0.306 e. The summed E-state index contributed by atoms with van der Waals surface area (Å²) in [5.74, 6) is 1.63. The van der Waals surface area contributed by atoms with Crippen molar-refractivity contribution in [1.82, 2.24) is 38.2 Å². The molecular formula is C84H66N8. The Morgan fingerprint density at radius 1 is 0.228 bits per heavy atom. The van der Waals surface area contributed by atoms with E-state index >= 15 is 0 Å². The Morgan fingerprint density at radius 3 is 0.772 bits per heavy atom. The molecule has 0 saturated heterocycles. The van der Waals surface area contributed by atoms with E-state index in [9.17, 15) is 0 Å². The lowest BCUT2D eigenvalue weighted by atomic mass is 9.90. The summed E-state index contributed by atoms with van der Waals surface area (Å²) >= 11 is 0. The van der Waals surface area contributed by atoms with Gasteiger partial charge in [-0.2, -0.15) is 0 Å². The van der Waals surface area contributed by atoms with Gasteiger partial charge in [0.15, 0.2) is 17.5 Å². The fourth-order valence-electron chi connectivity index (χ4n) is 14.9. The van der Waals surface area contributed by atoms with Crippen LogP contribution in [0, 0.1) is 69.2 Å². The minimum atomic E-state index is 0.513. The summed E-state index contributed by atoms with van der Waals surface area (Å²) < 4.78 is 10.4. The van der Waals surface area contributed by atoms with Gasteiger partial charge in [0.2, 0.25) is 0 Å². The standard InChI is InChI=1S/C84H66N8/c1-47-21-31-68-60(39-47)61-40-48(2)22-32-69(61)89(68)78-76(59-30-29-55(9)85-56(59)10)77(84-87-82(57-17-13-11-14-18-57)86-83(88-84)58-19-15-12-16-20-58)79(90-70-33-23-49(3)41-62(70)63-42-50(4)24-34-71(63)90)81(92-74-37-27-53(7)45-66(74)67-46-54(8)28-38-75(67)92)80(78)91-72-35-25-51(5)43-64(72)65-44-52(6)26-36-73(65)91/h11-46H,1-10H3. The van der Waals surface area contributed by atoms with Crippen LogP contribution in [0.4, 0.5) is 0 Å². The first kappa shape index (κ1) is 54.9. The SMILES string of the molecule is Cc1ccc2c(c1)c1cc(C)ccc1n2-c1c(-c2nc(-c3ccccc3)nc(-c3ccccc3)n2)c(-c2ccc(C)nc2C)c(-n2c3ccc(C)cc3c3cc(C)ccc32)c(-n2c3ccc(C)cc3c3cc(C)ccc32)c1-n1c2ccc(C)cc2c2cc(C)ccc21. The summed E-state index contributed by atoms with van der Waals surface area (Å²) in [6.07, 6.45) is 0. The highest BCUT2D eigenvalue weighted by molar-refractivity contribution is 6.19. The fourth-order valence-corrected chi connectivity index (χ4v) is 14.9. The molecule has 0 aliphatic rings. The third-order valence-electron chi connectivity index (χ3n) is 19.0. The van der Waals surface area contributed by atoms with Gasteiger partial charge in [-0.1, -0.05) is 160 Å². The van der Waals surface area contributed by atoms with Crippen molar-refractivity contribution < 1.29 is 0 Å². The van der Waals surface area contributed by atoms with Crippen LogP contribution in [0.25, 0.3) is 155 Å². The zero-order valence-corrected chi connectivity index (χ0v) is 53.4. The molecular weight excluding hydrogens is 1120 g/mol. The van der Waals surface area contributed by atoms with Crippen LogP contribution in [0.15, 0.2) is 218 Å². The van der Waals surface area contributed by atoms with Crippen molar-refractivity contribution >= 4 is 87.2 Å². The molecule has 0 atom stereocenters. The number of benzene rings is 11. The Bertz CT molecular complexity index is 5700. The van der Waals surface area contributed by atoms with E-state index in [1.807, 2.05) is 0 Å². The van der Waals surface area contributed by atoms with Gasteiger partial charge in [-0.15, -0.1) is 0 Å². The molecule has 92 heavy (non-hydrogen) atoms. The lowest BCUT2D eigenvalue weighted by molar-refractivity contribution is 1.01. The summed E-state index contributed by atoms with van der Waals surface area (Å²) in [4.78, 5) is 22.9. The third kappa shape index (κ3) is 8.43. The lowest BCUT2D eigenvalue weighted by Crippen LogP contribution is -2.17. The number of pyridine rings is 1. The molecule has 17 aromatic rings. The first-order valence-electron chi connectivity index (χ1n) is 31.9. The summed E-state index contributed by atoms with van der Waals surface area (Å²) in [5.41, 5.74) is 28.0. The van der Waals surface area contributed by atoms with Crippen molar-refractivity contribution in [3.8, 4) is 68.0 Å². The number of hydrogen-bond acceptors (Lipinski definition) is 4. The molecule has 0 spiro atoms. The van der Waals surface area contributed by atoms with Crippen molar-refractivity contribution in [2.24, 2.45) is 0 Å². The average molecular weight is 1190 g/mol. The fraction of sp³-hybridized carbons (Fsp3) is 0.119. The molecule has 0 aliphatic carbocycles. The van der Waals surface area contributed by atoms with Crippen LogP contribution in [-0.2, 0) is 0 Å². The topological polar surface area (TPSA) is 71.3 Å². The first-order valence-corrected chi connectivity index (χ1v) is 31.9. The Morgan fingerprint density at radius 2 is 0.489 bits per heavy atom. The molecule has 6 heterocycles. The van der Waals surface area contributed by atoms with Crippen molar-refractivity contribution in [2.45, 2.75) is 69.2 Å². The Labute approximate surface area is 534 Å². The Kier molecular flexibility index (Phi) is 12.3. The number of nitrogens with zero attached hydrogens (tertiary/aromatic N) is 8. The highest BCUT2D eigenvalue weighted by Crippen LogP contribution is 2.55. The molecule has 0 fully saturated rings. The monoisotopic (exact) mass is 1190 g/mol. The van der Waals surface area contributed by atoms with Crippen molar-refractivity contribution in [2.75, 3.05) is 0 Å². The molecule has 0 saturated carbocycles. The van der Waals surface area contributed by atoms with Crippen molar-refractivity contribution in [3.05, 3.63) is 274 Å². The molecule has 0 unspecified atom stereocenters. The Balaban J connectivity index is 1.28. The second kappa shape index (κ2) is 20.7. The summed E-state index contributed by atoms with van der Waals surface area (Å²) in [5, 5.41) is 9.28. The van der Waals surface area contributed by atoms with E-state index in [0.717, 1.165) is 138 Å². The normalized spacial score (nSPS) is 12.0. The van der Waals surface area contributed by atoms with Gasteiger partial charge in [-0.3, -0.25) is 4.98 Å². The van der Waals surface area contributed by atoms with E-state index in [-0.39, 0.29) is 0 Å². The average Bonchev–Trinajstić information content (AvgIpc) is 1.37. The number of aryl methyl sites for hydroxylation is 10. The van der Waals surface area contributed by atoms with Crippen LogP contribution in [0.3, 0.4) is 0 Å². The molecule has 0 bridgehead atoms. The predicted octanol–water partition coefficient (Wildman–Crippen LogP) is 21.4. The van der Waals surface area contributed by atoms with Gasteiger partial charge in [0.25, 0.3) is 0 Å². The molecule has 0 aliphatic heterocycles. The zero-order chi connectivity index (χ0) is 62.5. The van der Waals surface area contributed by atoms with Crippen molar-refractivity contribution in [3.63, 3.8) is 0 Å². The van der Waals surface area contributed by atoms with Gasteiger partial charge < -0.3 is 18.3 Å². The molecule has 6 aromatic heterocycles. The van der Waals surface area contributed by atoms with Crippen LogP contribution >= 0.6 is 0 Å². The van der Waals surface area contributed by atoms with Gasteiger partial charge in [0.1, 0.15) is 0 Å². The minimum Gasteiger partial charge on any atom is -0.306 e. The van der Waals surface area contributed by atoms with Gasteiger partial charge >= 0.3 is 0 Å². The van der Waals surface area contributed by atoms with E-state index < -0.39 is 0 Å². The summed E-state index contributed by atoms with van der Waals surface area (Å²) in [7, 11) is 0. The smallest absolute Gasteiger partial charge is 0.167 e. The summed E-state index contributed by atoms with van der Waals surface area (Å²) in [6.45, 7) is 21.9. The highest BCUT2D eigenvalue weighted by atomic mass is 15.2. The van der Waals surface area contributed by atoms with E-state index in [0.29, 0.717) is 17.5 Å². The highest BCUT2D eigenvalue weighted by Gasteiger charge is 2.37. The minimum absolute atomic E-state index is 0.513. The number of rotatable bonds is 8. The van der Waals surface area contributed by atoms with Crippen molar-refractivity contribution in [1.29, 1.82) is 0 Å². The maximum absolute atomic E-state index is 5.96. The molecule has 17 rings (SSSR count). The van der Waals surface area contributed by atoms with Crippen LogP contribution in [0.1, 0.15) is 55.9 Å². The predicted molar refractivity (Wildman–Crippen MR) is 384 cm³/mol. The molecule has 8 nitrogen and oxygen atoms in total. The van der Waals surface area contributed by atoms with Crippen LogP contribution < -0.4 is 0 Å². The maximum Gasteiger partial charge on any atom is 0.167 e. The number of fused-ring (bicyclic) bond motifs is 12. The number of aromatic nitrogens is 8. The third-order valence-corrected chi connectivity index (χ3v) is 19.0. The zero-order valence-electron chi connectivity index (χ0n) is 53.4. The van der Waals surface area contributed by atoms with E-state index in [4.69, 9.17) is 19.9 Å². The molecule has 0 N–H and O–H groups in total. The quantitative estimate of drug-likeness (QED) is 0.152. The second-order valence-electron chi connectivity index (χ2n) is 25.8. The first-order chi connectivity index (χ1) is 44.7. The number of hydrogen-bond donors (Lipinski definition) is 0. The van der Waals surface area contributed by atoms with Gasteiger partial charge in [0.05, 0.1) is 72.4 Å². The van der Waals surface area contributed by atoms with Gasteiger partial charge in [-0.25, -0.2) is 15.0 Å². The van der Waals surface area contributed by atoms with E-state index in [1.54, 1.807) is 0 Å². The van der Waals surface area contributed by atoms with E-state index in [2.05, 4.69) is 306 Å². The molecule has 11 aromatic carbocycles. The molecule has 0 amide bonds. The molecule has 442 valence electrons. The van der Waals surface area contributed by atoms with Crippen LogP contribution in [-0.4, -0.2) is 38.2 Å². The van der Waals surface area contributed by atoms with Gasteiger partial charge in [0, 0.05) is 76.7 Å². The summed E-state index contributed by atoms with van der Waals surface area (Å²) in [6, 6.07) is 81.3. The van der Waals surface area contributed by atoms with Crippen LogP contribution in [0.5, 0.6) is 0 Å². The molecule has 8 heteroatoms. The Hall–Kier alpha value is -11.2.